The molecule has 3 heteroatoms. The van der Waals surface area contributed by atoms with Gasteiger partial charge in [0.1, 0.15) is 11.6 Å². The van der Waals surface area contributed by atoms with Crippen molar-refractivity contribution in [1.29, 1.82) is 0 Å². The predicted molar refractivity (Wildman–Crippen MR) is 41.4 cm³/mol. The van der Waals surface area contributed by atoms with Crippen LogP contribution >= 0.6 is 0 Å². The molecule has 0 fully saturated rings. The summed E-state index contributed by atoms with van der Waals surface area (Å²) in [6, 6.07) is 1.35. The van der Waals surface area contributed by atoms with E-state index in [1.165, 1.54) is 12.3 Å². The normalized spacial score (nSPS) is 9.64. The number of nitrogens with one attached hydrogen (secondary N) is 1. The summed E-state index contributed by atoms with van der Waals surface area (Å²) in [5.74, 6) is 0.164. The van der Waals surface area contributed by atoms with Crippen LogP contribution in [0.3, 0.4) is 0 Å². The Balaban J connectivity index is 2.69. The SMILES string of the molecule is C=C(OCC)c1cc(F)c[nH]1. The van der Waals surface area contributed by atoms with Gasteiger partial charge in [-0.05, 0) is 6.92 Å². The molecule has 0 saturated carbocycles. The first-order chi connectivity index (χ1) is 5.24. The van der Waals surface area contributed by atoms with Crippen molar-refractivity contribution >= 4 is 5.76 Å². The Kier molecular flexibility index (Phi) is 2.31. The molecule has 0 unspecified atom stereocenters. The Labute approximate surface area is 64.7 Å². The zero-order chi connectivity index (χ0) is 8.27. The molecule has 0 aliphatic carbocycles. The first-order valence-corrected chi connectivity index (χ1v) is 3.40. The highest BCUT2D eigenvalue weighted by Crippen LogP contribution is 2.12. The molecule has 0 radical (unpaired) electrons. The lowest BCUT2D eigenvalue weighted by atomic mass is 10.4. The molecule has 0 aliphatic rings. The molecule has 2 nitrogen and oxygen atoms in total. The maximum absolute atomic E-state index is 12.4. The van der Waals surface area contributed by atoms with Gasteiger partial charge in [-0.3, -0.25) is 0 Å². The largest absolute Gasteiger partial charge is 0.492 e. The average molecular weight is 155 g/mol. The van der Waals surface area contributed by atoms with E-state index in [-0.39, 0.29) is 5.82 Å². The Morgan fingerprint density at radius 2 is 2.55 bits per heavy atom. The third-order valence-corrected chi connectivity index (χ3v) is 1.27. The highest BCUT2D eigenvalue weighted by atomic mass is 19.1. The monoisotopic (exact) mass is 155 g/mol. The molecule has 0 aromatic carbocycles. The topological polar surface area (TPSA) is 25.0 Å². The van der Waals surface area contributed by atoms with Crippen molar-refractivity contribution in [2.24, 2.45) is 0 Å². The van der Waals surface area contributed by atoms with Crippen LogP contribution in [0.5, 0.6) is 0 Å². The summed E-state index contributed by atoms with van der Waals surface area (Å²) < 4.78 is 17.4. The van der Waals surface area contributed by atoms with Crippen molar-refractivity contribution in [2.45, 2.75) is 6.92 Å². The minimum atomic E-state index is -0.305. The van der Waals surface area contributed by atoms with Crippen LogP contribution in [-0.4, -0.2) is 11.6 Å². The van der Waals surface area contributed by atoms with Gasteiger partial charge in [0, 0.05) is 12.3 Å². The second-order valence-corrected chi connectivity index (χ2v) is 2.09. The van der Waals surface area contributed by atoms with Crippen molar-refractivity contribution in [3.63, 3.8) is 0 Å². The van der Waals surface area contributed by atoms with Crippen molar-refractivity contribution in [1.82, 2.24) is 4.98 Å². The van der Waals surface area contributed by atoms with Crippen LogP contribution in [0.4, 0.5) is 4.39 Å². The second-order valence-electron chi connectivity index (χ2n) is 2.09. The quantitative estimate of drug-likeness (QED) is 0.665. The minimum absolute atomic E-state index is 0.305. The Bertz CT molecular complexity index is 254. The Hall–Kier alpha value is -1.25. The number of ether oxygens (including phenoxy) is 1. The molecule has 1 heterocycles. The zero-order valence-electron chi connectivity index (χ0n) is 6.36. The van der Waals surface area contributed by atoms with E-state index in [9.17, 15) is 4.39 Å². The lowest BCUT2D eigenvalue weighted by molar-refractivity contribution is 0.298. The van der Waals surface area contributed by atoms with Gasteiger partial charge in [-0.25, -0.2) is 4.39 Å². The molecule has 0 aliphatic heterocycles. The summed E-state index contributed by atoms with van der Waals surface area (Å²) in [5, 5.41) is 0. The van der Waals surface area contributed by atoms with Crippen LogP contribution in [0.2, 0.25) is 0 Å². The first kappa shape index (κ1) is 7.85. The van der Waals surface area contributed by atoms with E-state index in [0.717, 1.165) is 0 Å². The summed E-state index contributed by atoms with van der Waals surface area (Å²) >= 11 is 0. The maximum Gasteiger partial charge on any atom is 0.141 e. The van der Waals surface area contributed by atoms with Crippen LogP contribution < -0.4 is 0 Å². The van der Waals surface area contributed by atoms with E-state index in [4.69, 9.17) is 4.74 Å². The Morgan fingerprint density at radius 1 is 1.82 bits per heavy atom. The van der Waals surface area contributed by atoms with E-state index in [2.05, 4.69) is 11.6 Å². The number of rotatable bonds is 3. The minimum Gasteiger partial charge on any atom is -0.492 e. The number of hydrogen-bond donors (Lipinski definition) is 1. The number of H-pyrrole nitrogens is 1. The fourth-order valence-corrected chi connectivity index (χ4v) is 0.781. The molecule has 0 atom stereocenters. The van der Waals surface area contributed by atoms with E-state index >= 15 is 0 Å². The van der Waals surface area contributed by atoms with Gasteiger partial charge in [-0.15, -0.1) is 0 Å². The van der Waals surface area contributed by atoms with Crippen LogP contribution in [-0.2, 0) is 4.74 Å². The van der Waals surface area contributed by atoms with Crippen molar-refractivity contribution in [3.8, 4) is 0 Å². The van der Waals surface area contributed by atoms with Crippen molar-refractivity contribution < 1.29 is 9.13 Å². The summed E-state index contributed by atoms with van der Waals surface area (Å²) in [6.07, 6.45) is 1.26. The van der Waals surface area contributed by atoms with Crippen molar-refractivity contribution in [3.05, 3.63) is 30.4 Å². The smallest absolute Gasteiger partial charge is 0.141 e. The molecule has 0 spiro atoms. The van der Waals surface area contributed by atoms with Gasteiger partial charge in [-0.2, -0.15) is 0 Å². The molecule has 1 aromatic heterocycles. The molecule has 11 heavy (non-hydrogen) atoms. The highest BCUT2D eigenvalue weighted by molar-refractivity contribution is 5.53. The van der Waals surface area contributed by atoms with Crippen LogP contribution in [0, 0.1) is 5.82 Å². The van der Waals surface area contributed by atoms with Gasteiger partial charge in [0.15, 0.2) is 0 Å². The fourth-order valence-electron chi connectivity index (χ4n) is 0.781. The van der Waals surface area contributed by atoms with Gasteiger partial charge < -0.3 is 9.72 Å². The third-order valence-electron chi connectivity index (χ3n) is 1.27. The molecule has 1 rings (SSSR count). The second kappa shape index (κ2) is 3.23. The first-order valence-electron chi connectivity index (χ1n) is 3.40. The van der Waals surface area contributed by atoms with Gasteiger partial charge in [0.2, 0.25) is 0 Å². The standard InChI is InChI=1S/C8H10FNO/c1-3-11-6(2)8-4-7(9)5-10-8/h4-5,10H,2-3H2,1H3. The molecule has 0 bridgehead atoms. The lowest BCUT2D eigenvalue weighted by Crippen LogP contribution is -1.88. The molecular weight excluding hydrogens is 145 g/mol. The van der Waals surface area contributed by atoms with Gasteiger partial charge in [0.25, 0.3) is 0 Å². The van der Waals surface area contributed by atoms with Gasteiger partial charge >= 0.3 is 0 Å². The number of aromatic amines is 1. The average Bonchev–Trinajstić information content (AvgIpc) is 2.36. The third kappa shape index (κ3) is 1.83. The van der Waals surface area contributed by atoms with Crippen molar-refractivity contribution in [2.75, 3.05) is 6.61 Å². The molecular formula is C8H10FNO. The predicted octanol–water partition coefficient (Wildman–Crippen LogP) is 2.16. The van der Waals surface area contributed by atoms with E-state index in [1.807, 2.05) is 6.92 Å². The zero-order valence-corrected chi connectivity index (χ0v) is 6.36. The summed E-state index contributed by atoms with van der Waals surface area (Å²) in [6.45, 7) is 6.00. The van der Waals surface area contributed by atoms with Crippen LogP contribution in [0.15, 0.2) is 18.8 Å². The molecule has 0 saturated heterocycles. The summed E-state index contributed by atoms with van der Waals surface area (Å²) in [5.41, 5.74) is 0.587. The molecule has 60 valence electrons. The van der Waals surface area contributed by atoms with Gasteiger partial charge in [0.05, 0.1) is 12.3 Å². The van der Waals surface area contributed by atoms with E-state index in [0.29, 0.717) is 18.1 Å². The number of hydrogen-bond acceptors (Lipinski definition) is 1. The Morgan fingerprint density at radius 3 is 3.00 bits per heavy atom. The van der Waals surface area contributed by atoms with Crippen LogP contribution in [0.1, 0.15) is 12.6 Å². The van der Waals surface area contributed by atoms with Gasteiger partial charge in [-0.1, -0.05) is 6.58 Å². The van der Waals surface area contributed by atoms with Crippen LogP contribution in [0.25, 0.3) is 5.76 Å². The fraction of sp³-hybridized carbons (Fsp3) is 0.250. The molecule has 0 amide bonds. The van der Waals surface area contributed by atoms with E-state index < -0.39 is 0 Å². The highest BCUT2D eigenvalue weighted by Gasteiger charge is 2.01. The summed E-state index contributed by atoms with van der Waals surface area (Å²) in [7, 11) is 0. The lowest BCUT2D eigenvalue weighted by Gasteiger charge is -2.02. The maximum atomic E-state index is 12.4. The summed E-state index contributed by atoms with van der Waals surface area (Å²) in [4.78, 5) is 2.69. The van der Waals surface area contributed by atoms with E-state index in [1.54, 1.807) is 0 Å². The number of aromatic nitrogens is 1. The molecule has 1 aromatic rings. The molecule has 1 N–H and O–H groups in total. The number of halogens is 1.